The minimum Gasteiger partial charge on any atom is -0.497 e. The Labute approximate surface area is 147 Å². The molecule has 1 aromatic carbocycles. The lowest BCUT2D eigenvalue weighted by atomic mass is 10.2. The fourth-order valence-electron chi connectivity index (χ4n) is 3.12. The molecule has 3 rings (SSSR count). The Morgan fingerprint density at radius 3 is 2.92 bits per heavy atom. The number of amides is 2. The van der Waals surface area contributed by atoms with E-state index in [4.69, 9.17) is 9.47 Å². The molecule has 1 aromatic heterocycles. The van der Waals surface area contributed by atoms with Crippen molar-refractivity contribution >= 4 is 6.03 Å². The van der Waals surface area contributed by atoms with E-state index in [1.165, 1.54) is 11.3 Å². The number of rotatable bonds is 6. The van der Waals surface area contributed by atoms with E-state index >= 15 is 0 Å². The number of urea groups is 1. The van der Waals surface area contributed by atoms with E-state index in [1.54, 1.807) is 32.2 Å². The largest absolute Gasteiger partial charge is 0.497 e. The Morgan fingerprint density at radius 2 is 2.16 bits per heavy atom. The molecular formula is C18H24N4O3. The first-order valence-corrected chi connectivity index (χ1v) is 8.37. The highest BCUT2D eigenvalue weighted by molar-refractivity contribution is 5.74. The third-order valence-corrected chi connectivity index (χ3v) is 4.55. The van der Waals surface area contributed by atoms with Crippen LogP contribution in [0.15, 0.2) is 18.2 Å². The number of carbonyl (C=O) groups excluding carboxylic acids is 1. The van der Waals surface area contributed by atoms with Crippen LogP contribution in [0.2, 0.25) is 0 Å². The van der Waals surface area contributed by atoms with Crippen LogP contribution in [0.3, 0.4) is 0 Å². The van der Waals surface area contributed by atoms with Gasteiger partial charge < -0.3 is 19.7 Å². The Morgan fingerprint density at radius 1 is 1.32 bits per heavy atom. The monoisotopic (exact) mass is 344 g/mol. The smallest absolute Gasteiger partial charge is 0.317 e. The number of H-pyrrole nitrogens is 1. The fraction of sp³-hybridized carbons (Fsp3) is 0.444. The zero-order chi connectivity index (χ0) is 17.8. The van der Waals surface area contributed by atoms with E-state index in [-0.39, 0.29) is 6.03 Å². The summed E-state index contributed by atoms with van der Waals surface area (Å²) in [5.74, 6) is 1.41. The van der Waals surface area contributed by atoms with Gasteiger partial charge in [0, 0.05) is 30.9 Å². The lowest BCUT2D eigenvalue weighted by Crippen LogP contribution is -2.36. The summed E-state index contributed by atoms with van der Waals surface area (Å²) in [6, 6.07) is 5.39. The highest BCUT2D eigenvalue weighted by Gasteiger charge is 2.20. The molecule has 0 unspecified atom stereocenters. The summed E-state index contributed by atoms with van der Waals surface area (Å²) in [5.41, 5.74) is 4.35. The molecule has 0 bridgehead atoms. The summed E-state index contributed by atoms with van der Waals surface area (Å²) in [5, 5.41) is 10.3. The number of hydrogen-bond donors (Lipinski definition) is 2. The Bertz CT molecular complexity index is 757. The van der Waals surface area contributed by atoms with Crippen molar-refractivity contribution in [2.24, 2.45) is 0 Å². The molecule has 1 heterocycles. The predicted octanol–water partition coefficient (Wildman–Crippen LogP) is 2.26. The second-order valence-electron chi connectivity index (χ2n) is 6.17. The van der Waals surface area contributed by atoms with Crippen molar-refractivity contribution in [2.45, 2.75) is 32.4 Å². The maximum Gasteiger partial charge on any atom is 0.317 e. The first kappa shape index (κ1) is 17.1. The summed E-state index contributed by atoms with van der Waals surface area (Å²) < 4.78 is 10.5. The van der Waals surface area contributed by atoms with E-state index in [2.05, 4.69) is 15.5 Å². The van der Waals surface area contributed by atoms with Crippen molar-refractivity contribution in [1.29, 1.82) is 0 Å². The van der Waals surface area contributed by atoms with Crippen LogP contribution in [0, 0.1) is 0 Å². The first-order chi connectivity index (χ1) is 12.1. The lowest BCUT2D eigenvalue weighted by molar-refractivity contribution is 0.205. The highest BCUT2D eigenvalue weighted by Crippen LogP contribution is 2.25. The summed E-state index contributed by atoms with van der Waals surface area (Å²) in [7, 11) is 4.98. The van der Waals surface area contributed by atoms with Gasteiger partial charge in [0.1, 0.15) is 11.5 Å². The SMILES string of the molecule is COc1ccc(CNC(=O)N(C)Cc2n[nH]c3c2CCC3)c(OC)c1. The summed E-state index contributed by atoms with van der Waals surface area (Å²) in [6.07, 6.45) is 3.25. The molecular weight excluding hydrogens is 320 g/mol. The van der Waals surface area contributed by atoms with E-state index in [0.717, 1.165) is 36.3 Å². The molecule has 0 radical (unpaired) electrons. The second-order valence-corrected chi connectivity index (χ2v) is 6.17. The number of nitrogens with zero attached hydrogens (tertiary/aromatic N) is 2. The summed E-state index contributed by atoms with van der Waals surface area (Å²) in [4.78, 5) is 14.0. The highest BCUT2D eigenvalue weighted by atomic mass is 16.5. The van der Waals surface area contributed by atoms with Crippen LogP contribution in [0.5, 0.6) is 11.5 Å². The second kappa shape index (κ2) is 7.46. The van der Waals surface area contributed by atoms with Gasteiger partial charge in [0.25, 0.3) is 0 Å². The molecule has 0 spiro atoms. The molecule has 134 valence electrons. The number of ether oxygens (including phenoxy) is 2. The topological polar surface area (TPSA) is 79.5 Å². The van der Waals surface area contributed by atoms with Gasteiger partial charge in [-0.2, -0.15) is 5.10 Å². The van der Waals surface area contributed by atoms with Gasteiger partial charge in [-0.05, 0) is 37.0 Å². The van der Waals surface area contributed by atoms with Crippen LogP contribution >= 0.6 is 0 Å². The molecule has 2 amide bonds. The minimum absolute atomic E-state index is 0.146. The predicted molar refractivity (Wildman–Crippen MR) is 93.9 cm³/mol. The molecule has 1 aliphatic rings. The van der Waals surface area contributed by atoms with Gasteiger partial charge in [-0.25, -0.2) is 4.79 Å². The number of fused-ring (bicyclic) bond motifs is 1. The van der Waals surface area contributed by atoms with Crippen LogP contribution in [0.4, 0.5) is 4.79 Å². The third-order valence-electron chi connectivity index (χ3n) is 4.55. The van der Waals surface area contributed by atoms with Crippen LogP contribution in [-0.4, -0.2) is 42.4 Å². The van der Waals surface area contributed by atoms with Crippen molar-refractivity contribution in [3.8, 4) is 11.5 Å². The average molecular weight is 344 g/mol. The van der Waals surface area contributed by atoms with Gasteiger partial charge in [-0.1, -0.05) is 0 Å². The molecule has 0 atom stereocenters. The quantitative estimate of drug-likeness (QED) is 0.842. The van der Waals surface area contributed by atoms with Crippen LogP contribution in [0.1, 0.15) is 28.9 Å². The molecule has 0 saturated heterocycles. The Kier molecular flexibility index (Phi) is 5.11. The number of hydrogen-bond acceptors (Lipinski definition) is 4. The summed E-state index contributed by atoms with van der Waals surface area (Å²) in [6.45, 7) is 0.881. The van der Waals surface area contributed by atoms with Crippen molar-refractivity contribution < 1.29 is 14.3 Å². The fourth-order valence-corrected chi connectivity index (χ4v) is 3.12. The first-order valence-electron chi connectivity index (χ1n) is 8.37. The number of aryl methyl sites for hydroxylation is 1. The van der Waals surface area contributed by atoms with E-state index in [0.29, 0.717) is 18.8 Å². The van der Waals surface area contributed by atoms with Crippen molar-refractivity contribution in [2.75, 3.05) is 21.3 Å². The average Bonchev–Trinajstić information content (AvgIpc) is 3.24. The number of carbonyl (C=O) groups is 1. The van der Waals surface area contributed by atoms with Gasteiger partial charge >= 0.3 is 6.03 Å². The van der Waals surface area contributed by atoms with Crippen molar-refractivity contribution in [3.63, 3.8) is 0 Å². The standard InChI is InChI=1S/C18H24N4O3/c1-22(11-16-14-5-4-6-15(14)20-21-16)18(23)19-10-12-7-8-13(24-2)9-17(12)25-3/h7-9H,4-6,10-11H2,1-3H3,(H,19,23)(H,20,21). The van der Waals surface area contributed by atoms with Gasteiger partial charge in [-0.15, -0.1) is 0 Å². The summed E-state index contributed by atoms with van der Waals surface area (Å²) >= 11 is 0. The van der Waals surface area contributed by atoms with E-state index in [9.17, 15) is 4.79 Å². The molecule has 25 heavy (non-hydrogen) atoms. The molecule has 0 fully saturated rings. The molecule has 7 heteroatoms. The van der Waals surface area contributed by atoms with Crippen molar-refractivity contribution in [1.82, 2.24) is 20.4 Å². The molecule has 1 aliphatic carbocycles. The zero-order valence-electron chi connectivity index (χ0n) is 14.9. The van der Waals surface area contributed by atoms with Crippen molar-refractivity contribution in [3.05, 3.63) is 40.7 Å². The third kappa shape index (κ3) is 3.70. The van der Waals surface area contributed by atoms with Gasteiger partial charge in [0.05, 0.1) is 26.5 Å². The molecule has 2 N–H and O–H groups in total. The normalized spacial score (nSPS) is 12.6. The Hall–Kier alpha value is -2.70. The van der Waals surface area contributed by atoms with Gasteiger partial charge in [-0.3, -0.25) is 5.10 Å². The van der Waals surface area contributed by atoms with Gasteiger partial charge in [0.2, 0.25) is 0 Å². The van der Waals surface area contributed by atoms with E-state index in [1.807, 2.05) is 12.1 Å². The Balaban J connectivity index is 1.58. The minimum atomic E-state index is -0.146. The van der Waals surface area contributed by atoms with Crippen LogP contribution in [0.25, 0.3) is 0 Å². The lowest BCUT2D eigenvalue weighted by Gasteiger charge is -2.18. The van der Waals surface area contributed by atoms with Crippen LogP contribution in [-0.2, 0) is 25.9 Å². The number of methoxy groups -OCH3 is 2. The molecule has 7 nitrogen and oxygen atoms in total. The number of aromatic amines is 1. The molecule has 0 aliphatic heterocycles. The zero-order valence-corrected chi connectivity index (χ0v) is 14.9. The number of benzene rings is 1. The number of aromatic nitrogens is 2. The maximum atomic E-state index is 12.4. The maximum absolute atomic E-state index is 12.4. The number of nitrogens with one attached hydrogen (secondary N) is 2. The van der Waals surface area contributed by atoms with Gasteiger partial charge in [0.15, 0.2) is 0 Å². The van der Waals surface area contributed by atoms with E-state index < -0.39 is 0 Å². The van der Waals surface area contributed by atoms with Crippen LogP contribution < -0.4 is 14.8 Å². The molecule has 2 aromatic rings. The molecule has 0 saturated carbocycles.